The number of carbonyl (C=O) groups is 1. The fourth-order valence-corrected chi connectivity index (χ4v) is 5.70. The monoisotopic (exact) mass is 477 g/mol. The number of benzene rings is 3. The van der Waals surface area contributed by atoms with Gasteiger partial charge in [0.15, 0.2) is 0 Å². The van der Waals surface area contributed by atoms with Gasteiger partial charge in [-0.25, -0.2) is 13.1 Å². The zero-order valence-corrected chi connectivity index (χ0v) is 20.1. The minimum Gasteiger partial charge on any atom is -0.344 e. The summed E-state index contributed by atoms with van der Waals surface area (Å²) in [6, 6.07) is 27.6. The van der Waals surface area contributed by atoms with Crippen molar-refractivity contribution in [2.24, 2.45) is 0 Å². The van der Waals surface area contributed by atoms with Crippen LogP contribution in [0.25, 0.3) is 0 Å². The first kappa shape index (κ1) is 24.1. The molecule has 0 spiro atoms. The molecule has 1 atom stereocenters. The average Bonchev–Trinajstić information content (AvgIpc) is 2.88. The first-order valence-electron chi connectivity index (χ1n) is 11.7. The Morgan fingerprint density at radius 2 is 1.29 bits per heavy atom. The van der Waals surface area contributed by atoms with Gasteiger partial charge >= 0.3 is 0 Å². The molecule has 1 aliphatic rings. The number of piperidine rings is 1. The maximum atomic E-state index is 13.2. The van der Waals surface area contributed by atoms with Crippen molar-refractivity contribution in [3.63, 3.8) is 0 Å². The molecule has 1 saturated heterocycles. The summed E-state index contributed by atoms with van der Waals surface area (Å²) in [6.07, 6.45) is 1.31. The van der Waals surface area contributed by atoms with Gasteiger partial charge in [0, 0.05) is 19.1 Å². The number of hydrogen-bond acceptors (Lipinski definition) is 4. The highest BCUT2D eigenvalue weighted by atomic mass is 32.2. The molecule has 0 aliphatic carbocycles. The molecular weight excluding hydrogens is 446 g/mol. The lowest BCUT2D eigenvalue weighted by Crippen LogP contribution is -2.52. The number of likely N-dealkylation sites (tertiary alicyclic amines) is 1. The second kappa shape index (κ2) is 11.0. The second-order valence-corrected chi connectivity index (χ2v) is 10.4. The summed E-state index contributed by atoms with van der Waals surface area (Å²) in [6.45, 7) is 3.21. The SMILES string of the molecule is CC(C(=O)NC(c1ccccc1)c1ccccc1)N1CCC(NS(=O)(=O)c2ccccc2)CC1. The normalized spacial score (nSPS) is 16.3. The lowest BCUT2D eigenvalue weighted by atomic mass is 9.98. The van der Waals surface area contributed by atoms with Crippen molar-refractivity contribution >= 4 is 15.9 Å². The first-order chi connectivity index (χ1) is 16.4. The summed E-state index contributed by atoms with van der Waals surface area (Å²) in [5.74, 6) is -0.0407. The van der Waals surface area contributed by atoms with Crippen LogP contribution in [-0.4, -0.2) is 44.4 Å². The molecule has 6 nitrogen and oxygen atoms in total. The number of nitrogens with one attached hydrogen (secondary N) is 2. The van der Waals surface area contributed by atoms with Gasteiger partial charge in [-0.15, -0.1) is 0 Å². The van der Waals surface area contributed by atoms with E-state index in [-0.39, 0.29) is 28.9 Å². The van der Waals surface area contributed by atoms with Gasteiger partial charge in [0.1, 0.15) is 0 Å². The van der Waals surface area contributed by atoms with E-state index in [0.717, 1.165) is 11.1 Å². The third kappa shape index (κ3) is 5.91. The van der Waals surface area contributed by atoms with E-state index < -0.39 is 10.0 Å². The van der Waals surface area contributed by atoms with E-state index in [4.69, 9.17) is 0 Å². The van der Waals surface area contributed by atoms with Gasteiger partial charge in [-0.05, 0) is 43.0 Å². The van der Waals surface area contributed by atoms with Crippen LogP contribution in [0.1, 0.15) is 36.9 Å². The lowest BCUT2D eigenvalue weighted by molar-refractivity contribution is -0.126. The molecule has 7 heteroatoms. The van der Waals surface area contributed by atoms with Crippen LogP contribution >= 0.6 is 0 Å². The number of carbonyl (C=O) groups excluding carboxylic acids is 1. The predicted octanol–water partition coefficient (Wildman–Crippen LogP) is 3.72. The van der Waals surface area contributed by atoms with Gasteiger partial charge in [0.05, 0.1) is 17.0 Å². The molecule has 0 radical (unpaired) electrons. The van der Waals surface area contributed by atoms with E-state index in [0.29, 0.717) is 25.9 Å². The Balaban J connectivity index is 1.37. The molecule has 4 rings (SSSR count). The van der Waals surface area contributed by atoms with Crippen LogP contribution < -0.4 is 10.0 Å². The highest BCUT2D eigenvalue weighted by Crippen LogP contribution is 2.23. The Hall–Kier alpha value is -3.00. The molecule has 2 N–H and O–H groups in total. The molecule has 178 valence electrons. The van der Waals surface area contributed by atoms with Gasteiger partial charge in [-0.3, -0.25) is 9.69 Å². The molecule has 3 aromatic carbocycles. The van der Waals surface area contributed by atoms with Crippen LogP contribution in [0, 0.1) is 0 Å². The van der Waals surface area contributed by atoms with Crippen molar-refractivity contribution in [3.05, 3.63) is 102 Å². The molecule has 1 fully saturated rings. The third-order valence-electron chi connectivity index (χ3n) is 6.38. The van der Waals surface area contributed by atoms with Crippen molar-refractivity contribution in [1.82, 2.24) is 14.9 Å². The number of hydrogen-bond donors (Lipinski definition) is 2. The number of amides is 1. The predicted molar refractivity (Wildman–Crippen MR) is 134 cm³/mol. The van der Waals surface area contributed by atoms with Crippen molar-refractivity contribution in [3.8, 4) is 0 Å². The van der Waals surface area contributed by atoms with Crippen molar-refractivity contribution in [2.45, 2.75) is 42.8 Å². The zero-order valence-electron chi connectivity index (χ0n) is 19.3. The lowest BCUT2D eigenvalue weighted by Gasteiger charge is -2.36. The topological polar surface area (TPSA) is 78.5 Å². The van der Waals surface area contributed by atoms with Crippen LogP contribution in [-0.2, 0) is 14.8 Å². The minimum absolute atomic E-state index is 0.0407. The van der Waals surface area contributed by atoms with Crippen molar-refractivity contribution in [2.75, 3.05) is 13.1 Å². The summed E-state index contributed by atoms with van der Waals surface area (Å²) < 4.78 is 28.1. The largest absolute Gasteiger partial charge is 0.344 e. The summed E-state index contributed by atoms with van der Waals surface area (Å²) in [5, 5.41) is 3.23. The molecule has 1 heterocycles. The van der Waals surface area contributed by atoms with Crippen molar-refractivity contribution in [1.29, 1.82) is 0 Å². The van der Waals surface area contributed by atoms with Gasteiger partial charge in [0.25, 0.3) is 0 Å². The van der Waals surface area contributed by atoms with Crippen LogP contribution in [0.15, 0.2) is 95.9 Å². The summed E-state index contributed by atoms with van der Waals surface area (Å²) in [4.78, 5) is 15.6. The van der Waals surface area contributed by atoms with Crippen molar-refractivity contribution < 1.29 is 13.2 Å². The van der Waals surface area contributed by atoms with Gasteiger partial charge in [-0.1, -0.05) is 78.9 Å². The first-order valence-corrected chi connectivity index (χ1v) is 13.1. The Morgan fingerprint density at radius 1 is 0.824 bits per heavy atom. The van der Waals surface area contributed by atoms with Gasteiger partial charge in [-0.2, -0.15) is 0 Å². The standard InChI is InChI=1S/C27H31N3O3S/c1-21(27(31)28-26(22-11-5-2-6-12-22)23-13-7-3-8-14-23)30-19-17-24(18-20-30)29-34(32,33)25-15-9-4-10-16-25/h2-16,21,24,26,29H,17-20H2,1H3,(H,28,31). The third-order valence-corrected chi connectivity index (χ3v) is 7.92. The van der Waals surface area contributed by atoms with E-state index in [1.165, 1.54) is 0 Å². The molecular formula is C27H31N3O3S. The van der Waals surface area contributed by atoms with E-state index in [1.54, 1.807) is 30.3 Å². The molecule has 0 saturated carbocycles. The molecule has 34 heavy (non-hydrogen) atoms. The van der Waals surface area contributed by atoms with E-state index in [2.05, 4.69) is 14.9 Å². The molecule has 1 amide bonds. The van der Waals surface area contributed by atoms with E-state index in [1.807, 2.05) is 67.6 Å². The Morgan fingerprint density at radius 3 is 1.79 bits per heavy atom. The van der Waals surface area contributed by atoms with Gasteiger partial charge < -0.3 is 5.32 Å². The fourth-order valence-electron chi connectivity index (χ4n) is 4.37. The minimum atomic E-state index is -3.54. The van der Waals surface area contributed by atoms with Crippen LogP contribution in [0.5, 0.6) is 0 Å². The van der Waals surface area contributed by atoms with Gasteiger partial charge in [0.2, 0.25) is 15.9 Å². The molecule has 0 aromatic heterocycles. The Bertz CT molecular complexity index is 1120. The summed E-state index contributed by atoms with van der Waals surface area (Å²) in [7, 11) is -3.54. The Kier molecular flexibility index (Phi) is 7.77. The number of rotatable bonds is 8. The quantitative estimate of drug-likeness (QED) is 0.518. The molecule has 0 bridgehead atoms. The number of nitrogens with zero attached hydrogens (tertiary/aromatic N) is 1. The Labute approximate surface area is 202 Å². The maximum Gasteiger partial charge on any atom is 0.240 e. The zero-order chi connectivity index (χ0) is 24.0. The van der Waals surface area contributed by atoms with Crippen LogP contribution in [0.3, 0.4) is 0 Å². The van der Waals surface area contributed by atoms with Crippen LogP contribution in [0.4, 0.5) is 0 Å². The molecule has 1 aliphatic heterocycles. The average molecular weight is 478 g/mol. The molecule has 3 aromatic rings. The summed E-state index contributed by atoms with van der Waals surface area (Å²) in [5.41, 5.74) is 2.06. The highest BCUT2D eigenvalue weighted by molar-refractivity contribution is 7.89. The second-order valence-electron chi connectivity index (χ2n) is 8.68. The fraction of sp³-hybridized carbons (Fsp3) is 0.296. The smallest absolute Gasteiger partial charge is 0.240 e. The molecule has 1 unspecified atom stereocenters. The summed E-state index contributed by atoms with van der Waals surface area (Å²) >= 11 is 0. The number of sulfonamides is 1. The maximum absolute atomic E-state index is 13.2. The van der Waals surface area contributed by atoms with E-state index >= 15 is 0 Å². The van der Waals surface area contributed by atoms with E-state index in [9.17, 15) is 13.2 Å². The highest BCUT2D eigenvalue weighted by Gasteiger charge is 2.30. The van der Waals surface area contributed by atoms with Crippen LogP contribution in [0.2, 0.25) is 0 Å².